The predicted octanol–water partition coefficient (Wildman–Crippen LogP) is 4.26. The molecular weight excluding hydrogens is 315 g/mol. The summed E-state index contributed by atoms with van der Waals surface area (Å²) in [5.74, 6) is -1.63. The molecular formula is C15H14F3NS2. The third kappa shape index (κ3) is 2.72. The van der Waals surface area contributed by atoms with E-state index in [2.05, 4.69) is 5.32 Å². The number of fused-ring (bicyclic) bond motifs is 1. The van der Waals surface area contributed by atoms with E-state index in [9.17, 15) is 13.2 Å². The summed E-state index contributed by atoms with van der Waals surface area (Å²) < 4.78 is 40.5. The molecule has 1 aromatic heterocycles. The Labute approximate surface area is 129 Å². The fourth-order valence-corrected chi connectivity index (χ4v) is 5.03. The molecule has 2 aromatic rings. The first kappa shape index (κ1) is 14.9. The molecule has 0 spiro atoms. The first-order valence-corrected chi connectivity index (χ1v) is 8.58. The van der Waals surface area contributed by atoms with Gasteiger partial charge in [-0.2, -0.15) is 11.8 Å². The van der Waals surface area contributed by atoms with Crippen molar-refractivity contribution in [2.75, 3.05) is 12.8 Å². The summed E-state index contributed by atoms with van der Waals surface area (Å²) in [6.07, 6.45) is 1.02. The topological polar surface area (TPSA) is 12.0 Å². The first-order valence-electron chi connectivity index (χ1n) is 6.61. The van der Waals surface area contributed by atoms with Crippen LogP contribution >= 0.6 is 23.1 Å². The van der Waals surface area contributed by atoms with E-state index in [0.717, 1.165) is 28.9 Å². The summed E-state index contributed by atoms with van der Waals surface area (Å²) in [4.78, 5) is 2.25. The van der Waals surface area contributed by atoms with E-state index < -0.39 is 23.5 Å². The third-order valence-corrected chi connectivity index (χ3v) is 5.91. The number of rotatable bonds is 3. The fourth-order valence-electron chi connectivity index (χ4n) is 2.53. The van der Waals surface area contributed by atoms with Crippen LogP contribution in [0.1, 0.15) is 26.9 Å². The van der Waals surface area contributed by atoms with E-state index in [1.54, 1.807) is 18.4 Å². The van der Waals surface area contributed by atoms with Crippen molar-refractivity contribution in [3.8, 4) is 0 Å². The highest BCUT2D eigenvalue weighted by Crippen LogP contribution is 2.37. The normalized spacial score (nSPS) is 15.8. The molecule has 1 aliphatic rings. The lowest BCUT2D eigenvalue weighted by Crippen LogP contribution is -2.18. The first-order chi connectivity index (χ1) is 10.1. The van der Waals surface area contributed by atoms with Gasteiger partial charge in [-0.25, -0.2) is 13.2 Å². The number of nitrogens with one attached hydrogen (secondary N) is 1. The number of halogens is 3. The van der Waals surface area contributed by atoms with E-state index in [1.165, 1.54) is 16.5 Å². The van der Waals surface area contributed by atoms with Crippen LogP contribution in [0.15, 0.2) is 18.2 Å². The Morgan fingerprint density at radius 2 is 2.00 bits per heavy atom. The number of hydrogen-bond donors (Lipinski definition) is 1. The second kappa shape index (κ2) is 6.02. The van der Waals surface area contributed by atoms with Gasteiger partial charge in [0.25, 0.3) is 0 Å². The molecule has 0 fully saturated rings. The summed E-state index contributed by atoms with van der Waals surface area (Å²) in [6.45, 7) is 0. The largest absolute Gasteiger partial charge is 0.309 e. The molecule has 112 valence electrons. The average Bonchev–Trinajstić information content (AvgIpc) is 2.91. The maximum absolute atomic E-state index is 14.0. The number of aryl methyl sites for hydroxylation is 1. The summed E-state index contributed by atoms with van der Waals surface area (Å²) in [5.41, 5.74) is 1.41. The maximum Gasteiger partial charge on any atom is 0.194 e. The van der Waals surface area contributed by atoms with Gasteiger partial charge in [0.15, 0.2) is 17.5 Å². The lowest BCUT2D eigenvalue weighted by atomic mass is 10.0. The van der Waals surface area contributed by atoms with E-state index in [1.807, 2.05) is 17.8 Å². The Bertz CT molecular complexity index is 646. The monoisotopic (exact) mass is 329 g/mol. The van der Waals surface area contributed by atoms with Crippen molar-refractivity contribution < 1.29 is 13.2 Å². The van der Waals surface area contributed by atoms with Gasteiger partial charge >= 0.3 is 0 Å². The van der Waals surface area contributed by atoms with Crippen LogP contribution in [0.5, 0.6) is 0 Å². The van der Waals surface area contributed by atoms with E-state index in [-0.39, 0.29) is 5.56 Å². The van der Waals surface area contributed by atoms with Crippen molar-refractivity contribution in [2.24, 2.45) is 0 Å². The third-order valence-electron chi connectivity index (χ3n) is 3.60. The Morgan fingerprint density at radius 3 is 2.71 bits per heavy atom. The molecule has 0 amide bonds. The molecule has 1 nitrogen and oxygen atoms in total. The summed E-state index contributed by atoms with van der Waals surface area (Å²) >= 11 is 3.50. The van der Waals surface area contributed by atoms with Crippen LogP contribution in [0.3, 0.4) is 0 Å². The molecule has 1 aromatic carbocycles. The van der Waals surface area contributed by atoms with Crippen LogP contribution in [0.25, 0.3) is 0 Å². The van der Waals surface area contributed by atoms with Gasteiger partial charge in [0.1, 0.15) is 0 Å². The summed E-state index contributed by atoms with van der Waals surface area (Å²) in [7, 11) is 1.69. The van der Waals surface area contributed by atoms with Crippen LogP contribution in [-0.4, -0.2) is 12.8 Å². The van der Waals surface area contributed by atoms with Gasteiger partial charge < -0.3 is 5.32 Å². The minimum atomic E-state index is -1.41. The molecule has 1 atom stereocenters. The fraction of sp³-hybridized carbons (Fsp3) is 0.333. The quantitative estimate of drug-likeness (QED) is 0.844. The van der Waals surface area contributed by atoms with Gasteiger partial charge in [-0.3, -0.25) is 0 Å². The number of thiophene rings is 1. The Morgan fingerprint density at radius 1 is 1.19 bits per heavy atom. The molecule has 0 radical (unpaired) electrons. The van der Waals surface area contributed by atoms with Crippen LogP contribution in [0.2, 0.25) is 0 Å². The maximum atomic E-state index is 14.0. The van der Waals surface area contributed by atoms with Crippen LogP contribution in [0, 0.1) is 17.5 Å². The molecule has 21 heavy (non-hydrogen) atoms. The number of hydrogen-bond acceptors (Lipinski definition) is 3. The Hall–Kier alpha value is -0.980. The Kier molecular flexibility index (Phi) is 4.28. The molecule has 1 N–H and O–H groups in total. The lowest BCUT2D eigenvalue weighted by Gasteiger charge is -2.16. The van der Waals surface area contributed by atoms with Gasteiger partial charge in [0.05, 0.1) is 6.04 Å². The smallest absolute Gasteiger partial charge is 0.194 e. The number of thioether (sulfide) groups is 1. The molecule has 1 unspecified atom stereocenters. The zero-order valence-corrected chi connectivity index (χ0v) is 13.0. The SMILES string of the molecule is CNC(c1cc2c(s1)CCSC2)c1ccc(F)c(F)c1F. The van der Waals surface area contributed by atoms with Crippen molar-refractivity contribution in [2.45, 2.75) is 18.2 Å². The molecule has 0 bridgehead atoms. The zero-order chi connectivity index (χ0) is 15.0. The van der Waals surface area contributed by atoms with E-state index in [0.29, 0.717) is 0 Å². The van der Waals surface area contributed by atoms with E-state index in [4.69, 9.17) is 0 Å². The summed E-state index contributed by atoms with van der Waals surface area (Å²) in [6, 6.07) is 3.87. The van der Waals surface area contributed by atoms with Gasteiger partial charge in [-0.1, -0.05) is 6.07 Å². The van der Waals surface area contributed by atoms with Crippen molar-refractivity contribution in [1.82, 2.24) is 5.32 Å². The Balaban J connectivity index is 2.02. The van der Waals surface area contributed by atoms with Crippen molar-refractivity contribution >= 4 is 23.1 Å². The minimum Gasteiger partial charge on any atom is -0.309 e. The van der Waals surface area contributed by atoms with Gasteiger partial charge in [0, 0.05) is 21.1 Å². The van der Waals surface area contributed by atoms with Crippen molar-refractivity contribution in [1.29, 1.82) is 0 Å². The van der Waals surface area contributed by atoms with E-state index >= 15 is 0 Å². The standard InChI is InChI=1S/C15H14F3NS2/c1-19-15(9-2-3-10(16)14(18)13(9)17)12-6-8-7-20-5-4-11(8)21-12/h2-3,6,15,19H,4-5,7H2,1H3. The van der Waals surface area contributed by atoms with Crippen LogP contribution < -0.4 is 5.32 Å². The molecule has 2 heterocycles. The summed E-state index contributed by atoms with van der Waals surface area (Å²) in [5, 5.41) is 3.01. The molecule has 1 aliphatic heterocycles. The predicted molar refractivity (Wildman–Crippen MR) is 81.4 cm³/mol. The second-order valence-corrected chi connectivity index (χ2v) is 7.16. The van der Waals surface area contributed by atoms with Crippen LogP contribution in [-0.2, 0) is 12.2 Å². The second-order valence-electron chi connectivity index (χ2n) is 4.89. The number of benzene rings is 1. The highest BCUT2D eigenvalue weighted by molar-refractivity contribution is 7.98. The lowest BCUT2D eigenvalue weighted by molar-refractivity contribution is 0.435. The van der Waals surface area contributed by atoms with Crippen molar-refractivity contribution in [3.05, 3.63) is 56.5 Å². The van der Waals surface area contributed by atoms with Crippen molar-refractivity contribution in [3.63, 3.8) is 0 Å². The molecule has 6 heteroatoms. The molecule has 3 rings (SSSR count). The molecule has 0 aliphatic carbocycles. The molecule has 0 saturated carbocycles. The molecule has 0 saturated heterocycles. The van der Waals surface area contributed by atoms with Gasteiger partial charge in [-0.15, -0.1) is 11.3 Å². The highest BCUT2D eigenvalue weighted by Gasteiger charge is 2.24. The van der Waals surface area contributed by atoms with Gasteiger partial charge in [-0.05, 0) is 36.9 Å². The zero-order valence-electron chi connectivity index (χ0n) is 11.4. The minimum absolute atomic E-state index is 0.141. The van der Waals surface area contributed by atoms with Crippen LogP contribution in [0.4, 0.5) is 13.2 Å². The van der Waals surface area contributed by atoms with Gasteiger partial charge in [0.2, 0.25) is 0 Å². The average molecular weight is 329 g/mol. The highest BCUT2D eigenvalue weighted by atomic mass is 32.2.